The van der Waals surface area contributed by atoms with E-state index in [4.69, 9.17) is 19.4 Å². The molecular formula is C29H37F5N2O6. The number of carbonyl (C=O) groups is 2. The molecule has 8 nitrogen and oxygen atoms in total. The number of aliphatic hydroxyl groups is 1. The van der Waals surface area contributed by atoms with E-state index in [-0.39, 0.29) is 25.6 Å². The first-order chi connectivity index (χ1) is 19.9. The Bertz CT molecular complexity index is 1090. The Balaban J connectivity index is 0.000000782. The number of hydrogen-bond acceptors (Lipinski definition) is 6. The van der Waals surface area contributed by atoms with Gasteiger partial charge in [0.05, 0.1) is 32.4 Å². The zero-order valence-electron chi connectivity index (χ0n) is 23.3. The first-order valence-corrected chi connectivity index (χ1v) is 13.5. The molecule has 1 aliphatic rings. The lowest BCUT2D eigenvalue weighted by atomic mass is 10.0. The van der Waals surface area contributed by atoms with Crippen molar-refractivity contribution in [2.45, 2.75) is 57.1 Å². The Labute approximate surface area is 241 Å². The van der Waals surface area contributed by atoms with Crippen molar-refractivity contribution in [1.82, 2.24) is 10.2 Å². The summed E-state index contributed by atoms with van der Waals surface area (Å²) in [4.78, 5) is 23.5. The van der Waals surface area contributed by atoms with E-state index >= 15 is 0 Å². The fraction of sp³-hybridized carbons (Fsp3) is 0.517. The molecule has 234 valence electrons. The number of unbranched alkanes of at least 4 members (excludes halogenated alkanes) is 1. The minimum absolute atomic E-state index is 0.133. The van der Waals surface area contributed by atoms with Crippen LogP contribution in [0.15, 0.2) is 48.5 Å². The molecule has 3 rings (SSSR count). The number of nitrogens with one attached hydrogen (secondary N) is 1. The molecule has 3 atom stereocenters. The summed E-state index contributed by atoms with van der Waals surface area (Å²) >= 11 is 0. The number of aliphatic hydroxyl groups excluding tert-OH is 1. The molecule has 2 aromatic carbocycles. The summed E-state index contributed by atoms with van der Waals surface area (Å²) in [6.45, 7) is 3.48. The third-order valence-electron chi connectivity index (χ3n) is 6.28. The van der Waals surface area contributed by atoms with Crippen molar-refractivity contribution in [2.75, 3.05) is 39.5 Å². The first kappa shape index (κ1) is 34.7. The van der Waals surface area contributed by atoms with Crippen LogP contribution in [0.3, 0.4) is 0 Å². The van der Waals surface area contributed by atoms with Gasteiger partial charge in [-0.1, -0.05) is 29.8 Å². The number of amides is 1. The topological polar surface area (TPSA) is 108 Å². The van der Waals surface area contributed by atoms with Crippen LogP contribution in [0.25, 0.3) is 0 Å². The Kier molecular flexibility index (Phi) is 14.5. The maximum absolute atomic E-state index is 13.7. The van der Waals surface area contributed by atoms with Crippen LogP contribution in [-0.4, -0.2) is 84.9 Å². The van der Waals surface area contributed by atoms with Crippen LogP contribution in [0, 0.1) is 6.92 Å². The maximum Gasteiger partial charge on any atom is 0.490 e. The van der Waals surface area contributed by atoms with Gasteiger partial charge < -0.3 is 25.0 Å². The lowest BCUT2D eigenvalue weighted by Crippen LogP contribution is -2.47. The van der Waals surface area contributed by atoms with E-state index in [2.05, 4.69) is 5.32 Å². The SMILES string of the molecule is Cc1ccc(OCCC(=O)N[C@H](CN2CC[C@@H](F)C2)[C@H](O)c2ccc(OCCCCF)cc2)cc1.O=C(O)C(F)(F)F. The van der Waals surface area contributed by atoms with Crippen LogP contribution in [0.2, 0.25) is 0 Å². The van der Waals surface area contributed by atoms with Crippen LogP contribution in [0.5, 0.6) is 11.5 Å². The van der Waals surface area contributed by atoms with Gasteiger partial charge in [-0.15, -0.1) is 0 Å². The Hall–Kier alpha value is -3.45. The van der Waals surface area contributed by atoms with E-state index in [1.807, 2.05) is 36.1 Å². The molecule has 42 heavy (non-hydrogen) atoms. The van der Waals surface area contributed by atoms with E-state index in [9.17, 15) is 31.9 Å². The molecule has 1 heterocycles. The number of alkyl halides is 5. The molecule has 0 bridgehead atoms. The Morgan fingerprint density at radius 1 is 1.02 bits per heavy atom. The van der Waals surface area contributed by atoms with E-state index in [0.717, 1.165) is 5.56 Å². The van der Waals surface area contributed by atoms with Crippen molar-refractivity contribution in [3.8, 4) is 11.5 Å². The third kappa shape index (κ3) is 13.0. The minimum atomic E-state index is -5.08. The van der Waals surface area contributed by atoms with Gasteiger partial charge in [-0.2, -0.15) is 13.2 Å². The van der Waals surface area contributed by atoms with Crippen molar-refractivity contribution < 1.29 is 51.2 Å². The molecule has 1 amide bonds. The standard InChI is InChI=1S/C27H36F2N2O4.C2HF3O2/c1-20-4-8-23(9-5-20)35-17-13-26(32)30-25(19-31-15-12-22(29)18-31)27(33)21-6-10-24(11-7-21)34-16-3-2-14-28;3-2(4,5)1(6)7/h4-11,22,25,27,33H,2-3,12-19H2,1H3,(H,30,32);(H,6,7)/t22-,25-,27-;/m1./s1. The molecule has 1 saturated heterocycles. The molecule has 0 aliphatic carbocycles. The lowest BCUT2D eigenvalue weighted by molar-refractivity contribution is -0.192. The van der Waals surface area contributed by atoms with E-state index in [1.54, 1.807) is 24.3 Å². The normalized spacial score (nSPS) is 16.6. The van der Waals surface area contributed by atoms with E-state index in [0.29, 0.717) is 62.6 Å². The fourth-order valence-corrected chi connectivity index (χ4v) is 4.01. The Morgan fingerprint density at radius 3 is 2.12 bits per heavy atom. The molecule has 13 heteroatoms. The average Bonchev–Trinajstić information content (AvgIpc) is 3.36. The van der Waals surface area contributed by atoms with Gasteiger partial charge in [0.2, 0.25) is 5.91 Å². The predicted octanol–water partition coefficient (Wildman–Crippen LogP) is 4.79. The first-order valence-electron chi connectivity index (χ1n) is 13.5. The number of halogens is 5. The number of rotatable bonds is 14. The number of nitrogens with zero attached hydrogens (tertiary/aromatic N) is 1. The number of ether oxygens (including phenoxy) is 2. The summed E-state index contributed by atoms with van der Waals surface area (Å²) in [5.41, 5.74) is 1.75. The van der Waals surface area contributed by atoms with Gasteiger partial charge in [-0.05, 0) is 56.0 Å². The van der Waals surface area contributed by atoms with Gasteiger partial charge in [0.15, 0.2) is 0 Å². The summed E-state index contributed by atoms with van der Waals surface area (Å²) in [5, 5.41) is 21.1. The van der Waals surface area contributed by atoms with Gasteiger partial charge in [-0.3, -0.25) is 14.1 Å². The molecule has 1 aliphatic heterocycles. The maximum atomic E-state index is 13.7. The number of carboxylic acids is 1. The Morgan fingerprint density at radius 2 is 1.60 bits per heavy atom. The summed E-state index contributed by atoms with van der Waals surface area (Å²) in [6, 6.07) is 14.0. The van der Waals surface area contributed by atoms with Gasteiger partial charge in [0.25, 0.3) is 0 Å². The van der Waals surface area contributed by atoms with Crippen LogP contribution < -0.4 is 14.8 Å². The molecule has 0 saturated carbocycles. The van der Waals surface area contributed by atoms with Crippen molar-refractivity contribution in [2.24, 2.45) is 0 Å². The fourth-order valence-electron chi connectivity index (χ4n) is 4.01. The van der Waals surface area contributed by atoms with Crippen LogP contribution in [-0.2, 0) is 9.59 Å². The number of carboxylic acid groups (broad SMARTS) is 1. The highest BCUT2D eigenvalue weighted by molar-refractivity contribution is 5.76. The summed E-state index contributed by atoms with van der Waals surface area (Å²) in [6.07, 6.45) is -5.26. The van der Waals surface area contributed by atoms with Gasteiger partial charge in [0.1, 0.15) is 23.8 Å². The van der Waals surface area contributed by atoms with E-state index in [1.165, 1.54) is 0 Å². The number of likely N-dealkylation sites (tertiary alicyclic amines) is 1. The number of hydrogen-bond donors (Lipinski definition) is 3. The summed E-state index contributed by atoms with van der Waals surface area (Å²) < 4.78 is 68.9. The minimum Gasteiger partial charge on any atom is -0.494 e. The molecular weight excluding hydrogens is 567 g/mol. The largest absolute Gasteiger partial charge is 0.494 e. The number of carbonyl (C=O) groups excluding carboxylic acids is 1. The zero-order chi connectivity index (χ0) is 31.1. The zero-order valence-corrected chi connectivity index (χ0v) is 23.3. The molecule has 2 aromatic rings. The average molecular weight is 605 g/mol. The smallest absolute Gasteiger partial charge is 0.490 e. The molecule has 0 radical (unpaired) electrons. The second kappa shape index (κ2) is 17.5. The number of aryl methyl sites for hydroxylation is 1. The van der Waals surface area contributed by atoms with Gasteiger partial charge in [-0.25, -0.2) is 9.18 Å². The predicted molar refractivity (Wildman–Crippen MR) is 145 cm³/mol. The second-order valence-electron chi connectivity index (χ2n) is 9.79. The molecule has 3 N–H and O–H groups in total. The van der Waals surface area contributed by atoms with E-state index < -0.39 is 30.5 Å². The highest BCUT2D eigenvalue weighted by Crippen LogP contribution is 2.23. The molecule has 0 aromatic heterocycles. The van der Waals surface area contributed by atoms with Crippen molar-refractivity contribution in [3.05, 3.63) is 59.7 Å². The van der Waals surface area contributed by atoms with Crippen molar-refractivity contribution in [3.63, 3.8) is 0 Å². The lowest BCUT2D eigenvalue weighted by Gasteiger charge is -2.29. The molecule has 0 spiro atoms. The quantitative estimate of drug-likeness (QED) is 0.210. The summed E-state index contributed by atoms with van der Waals surface area (Å²) in [5.74, 6) is -1.68. The van der Waals surface area contributed by atoms with Crippen LogP contribution in [0.1, 0.15) is 42.9 Å². The van der Waals surface area contributed by atoms with Gasteiger partial charge >= 0.3 is 12.1 Å². The highest BCUT2D eigenvalue weighted by atomic mass is 19.4. The summed E-state index contributed by atoms with van der Waals surface area (Å²) in [7, 11) is 0. The molecule has 1 fully saturated rings. The number of aliphatic carboxylic acids is 1. The molecule has 0 unspecified atom stereocenters. The third-order valence-corrected chi connectivity index (χ3v) is 6.28. The second-order valence-corrected chi connectivity index (χ2v) is 9.79. The monoisotopic (exact) mass is 604 g/mol. The highest BCUT2D eigenvalue weighted by Gasteiger charge is 2.38. The number of benzene rings is 2. The van der Waals surface area contributed by atoms with Gasteiger partial charge in [0, 0.05) is 19.6 Å². The van der Waals surface area contributed by atoms with Crippen LogP contribution >= 0.6 is 0 Å². The van der Waals surface area contributed by atoms with Crippen molar-refractivity contribution >= 4 is 11.9 Å². The van der Waals surface area contributed by atoms with Crippen LogP contribution in [0.4, 0.5) is 22.0 Å². The van der Waals surface area contributed by atoms with Crippen molar-refractivity contribution in [1.29, 1.82) is 0 Å².